The monoisotopic (exact) mass is 456 g/mol. The molecule has 1 heterocycles. The van der Waals surface area contributed by atoms with Crippen LogP contribution in [0.4, 0.5) is 8.78 Å². The van der Waals surface area contributed by atoms with Crippen LogP contribution < -0.4 is 0 Å². The summed E-state index contributed by atoms with van der Waals surface area (Å²) in [6, 6.07) is 10.6. The Balaban J connectivity index is 2.26. The fourth-order valence-corrected chi connectivity index (χ4v) is 3.25. The van der Waals surface area contributed by atoms with E-state index in [2.05, 4.69) is 15.4 Å². The molecule has 1 unspecified atom stereocenters. The van der Waals surface area contributed by atoms with Crippen LogP contribution in [-0.4, -0.2) is 48.3 Å². The number of halogens is 2. The Morgan fingerprint density at radius 1 is 0.970 bits per heavy atom. The third-order valence-electron chi connectivity index (χ3n) is 4.77. The van der Waals surface area contributed by atoms with E-state index < -0.39 is 42.3 Å². The molecular weight excluding hydrogens is 434 g/mol. The number of nitrogens with zero attached hydrogens (tertiary/aromatic N) is 4. The van der Waals surface area contributed by atoms with Crippen molar-refractivity contribution in [2.24, 2.45) is 0 Å². The van der Waals surface area contributed by atoms with E-state index in [4.69, 9.17) is 5.11 Å². The number of tetrazole rings is 1. The molecule has 0 aliphatic rings. The van der Waals surface area contributed by atoms with E-state index in [1.165, 1.54) is 53.3 Å². The Morgan fingerprint density at radius 2 is 1.48 bits per heavy atom. The highest BCUT2D eigenvalue weighted by Gasteiger charge is 2.27. The third kappa shape index (κ3) is 5.92. The van der Waals surface area contributed by atoms with Gasteiger partial charge in [0.25, 0.3) is 0 Å². The topological polar surface area (TPSA) is 118 Å². The molecule has 0 radical (unpaired) electrons. The minimum atomic E-state index is -1.51. The maximum atomic E-state index is 13.6. The van der Waals surface area contributed by atoms with Crippen molar-refractivity contribution in [2.45, 2.75) is 38.8 Å². The summed E-state index contributed by atoms with van der Waals surface area (Å²) >= 11 is 0. The van der Waals surface area contributed by atoms with Crippen molar-refractivity contribution in [1.29, 1.82) is 0 Å². The molecule has 8 nitrogen and oxygen atoms in total. The molecule has 3 rings (SSSR count). The Hall–Kier alpha value is -3.79. The lowest BCUT2D eigenvalue weighted by molar-refractivity contribution is -0.140. The first-order valence-corrected chi connectivity index (χ1v) is 10.1. The number of Topliss-reactive ketones (excluding diaryl/α,β-unsaturated/α-hetero) is 1. The normalized spacial score (nSPS) is 11.9. The Labute approximate surface area is 188 Å². The Kier molecular flexibility index (Phi) is 7.39. The van der Waals surface area contributed by atoms with Gasteiger partial charge in [-0.25, -0.2) is 8.78 Å². The van der Waals surface area contributed by atoms with Crippen molar-refractivity contribution in [3.8, 4) is 0 Å². The molecule has 2 N–H and O–H groups in total. The zero-order chi connectivity index (χ0) is 24.1. The fourth-order valence-electron chi connectivity index (χ4n) is 3.25. The van der Waals surface area contributed by atoms with Gasteiger partial charge in [-0.2, -0.15) is 4.80 Å². The van der Waals surface area contributed by atoms with Gasteiger partial charge in [0.2, 0.25) is 5.82 Å². The van der Waals surface area contributed by atoms with E-state index in [0.717, 1.165) is 0 Å². The van der Waals surface area contributed by atoms with Crippen molar-refractivity contribution < 1.29 is 28.6 Å². The molecule has 33 heavy (non-hydrogen) atoms. The number of aromatic nitrogens is 4. The molecule has 172 valence electrons. The first kappa shape index (κ1) is 23.9. The van der Waals surface area contributed by atoms with Gasteiger partial charge in [0.1, 0.15) is 23.8 Å². The maximum absolute atomic E-state index is 13.6. The van der Waals surface area contributed by atoms with Crippen molar-refractivity contribution in [3.05, 3.63) is 77.1 Å². The molecule has 0 amide bonds. The molecule has 0 saturated heterocycles. The van der Waals surface area contributed by atoms with Crippen molar-refractivity contribution in [2.75, 3.05) is 0 Å². The first-order chi connectivity index (χ1) is 15.7. The second-order valence-electron chi connectivity index (χ2n) is 7.66. The van der Waals surface area contributed by atoms with E-state index in [0.29, 0.717) is 16.7 Å². The molecule has 0 aliphatic heterocycles. The molecule has 1 atom stereocenters. The van der Waals surface area contributed by atoms with Gasteiger partial charge in [-0.15, -0.1) is 10.2 Å². The van der Waals surface area contributed by atoms with Crippen LogP contribution >= 0.6 is 0 Å². The van der Waals surface area contributed by atoms with E-state index in [1.54, 1.807) is 0 Å². The third-order valence-corrected chi connectivity index (χ3v) is 4.77. The number of ketones is 1. The minimum Gasteiger partial charge on any atom is -0.481 e. The molecule has 0 saturated carbocycles. The van der Waals surface area contributed by atoms with E-state index in [-0.39, 0.29) is 17.4 Å². The number of benzene rings is 2. The van der Waals surface area contributed by atoms with Crippen LogP contribution in [0.2, 0.25) is 0 Å². The van der Waals surface area contributed by atoms with Crippen molar-refractivity contribution in [3.63, 3.8) is 0 Å². The Morgan fingerprint density at radius 3 is 1.91 bits per heavy atom. The van der Waals surface area contributed by atoms with E-state index in [1.807, 2.05) is 13.8 Å². The van der Waals surface area contributed by atoms with Gasteiger partial charge in [0.05, 0.1) is 12.1 Å². The van der Waals surface area contributed by atoms with Crippen LogP contribution in [0, 0.1) is 11.6 Å². The predicted molar refractivity (Wildman–Crippen MR) is 115 cm³/mol. The van der Waals surface area contributed by atoms with Gasteiger partial charge < -0.3 is 10.2 Å². The zero-order valence-corrected chi connectivity index (χ0v) is 17.9. The van der Waals surface area contributed by atoms with Gasteiger partial charge in [-0.3, -0.25) is 9.59 Å². The number of hydrogen-bond donors (Lipinski definition) is 2. The molecule has 0 fully saturated rings. The highest BCUT2D eigenvalue weighted by atomic mass is 19.1. The molecular formula is C23H22F2N4O4. The van der Waals surface area contributed by atoms with E-state index in [9.17, 15) is 23.5 Å². The van der Waals surface area contributed by atoms with Crippen LogP contribution in [0.25, 0.3) is 11.1 Å². The average molecular weight is 456 g/mol. The highest BCUT2D eigenvalue weighted by molar-refractivity contribution is 6.01. The summed E-state index contributed by atoms with van der Waals surface area (Å²) < 4.78 is 27.2. The number of hydrogen-bond acceptors (Lipinski definition) is 6. The van der Waals surface area contributed by atoms with Crippen LogP contribution in [0.5, 0.6) is 0 Å². The molecule has 3 aromatic rings. The summed E-state index contributed by atoms with van der Waals surface area (Å²) in [6.07, 6.45) is -2.80. The van der Waals surface area contributed by atoms with Crippen LogP contribution in [0.3, 0.4) is 0 Å². The lowest BCUT2D eigenvalue weighted by Crippen LogP contribution is -2.20. The number of aliphatic hydroxyl groups is 1. The molecule has 10 heteroatoms. The quantitative estimate of drug-likeness (QED) is 0.475. The lowest BCUT2D eigenvalue weighted by Gasteiger charge is -2.19. The van der Waals surface area contributed by atoms with Crippen LogP contribution in [0.1, 0.15) is 49.7 Å². The lowest BCUT2D eigenvalue weighted by atomic mass is 9.88. The molecule has 0 aliphatic carbocycles. The highest BCUT2D eigenvalue weighted by Crippen LogP contribution is 2.34. The fraction of sp³-hybridized carbons (Fsp3) is 0.261. The molecule has 1 aromatic heterocycles. The Bertz CT molecular complexity index is 1120. The number of carbonyl (C=O) groups is 2. The second-order valence-corrected chi connectivity index (χ2v) is 7.66. The van der Waals surface area contributed by atoms with Gasteiger partial charge in [-0.05, 0) is 60.0 Å². The van der Waals surface area contributed by atoms with Gasteiger partial charge in [-0.1, -0.05) is 24.3 Å². The zero-order valence-electron chi connectivity index (χ0n) is 17.9. The summed E-state index contributed by atoms with van der Waals surface area (Å²) in [5.74, 6) is -3.00. The standard InChI is InChI=1S/C23H22F2N4O4/c1-13(2)29-27-23(26-28-29)22(19(31)11-18(30)12-20(32)33)21(14-3-7-16(24)8-4-14)15-5-9-17(25)10-6-15/h3-10,13,19,31H,11-12H2,1-2H3,(H,32,33). The number of carboxylic acids is 1. The molecule has 2 aromatic carbocycles. The van der Waals surface area contributed by atoms with Gasteiger partial charge in [0, 0.05) is 12.0 Å². The predicted octanol–water partition coefficient (Wildman–Crippen LogP) is 3.29. The first-order valence-electron chi connectivity index (χ1n) is 10.1. The molecule has 0 spiro atoms. The smallest absolute Gasteiger partial charge is 0.310 e. The minimum absolute atomic E-state index is 0.00275. The number of carboxylic acid groups (broad SMARTS) is 1. The van der Waals surface area contributed by atoms with E-state index >= 15 is 0 Å². The van der Waals surface area contributed by atoms with Gasteiger partial charge >= 0.3 is 5.97 Å². The number of carbonyl (C=O) groups excluding carboxylic acids is 1. The largest absolute Gasteiger partial charge is 0.481 e. The number of rotatable bonds is 9. The maximum Gasteiger partial charge on any atom is 0.310 e. The summed E-state index contributed by atoms with van der Waals surface area (Å²) in [5.41, 5.74) is 1.31. The second kappa shape index (κ2) is 10.2. The van der Waals surface area contributed by atoms with Crippen molar-refractivity contribution in [1.82, 2.24) is 20.2 Å². The summed E-state index contributed by atoms with van der Waals surface area (Å²) in [7, 11) is 0. The van der Waals surface area contributed by atoms with Crippen molar-refractivity contribution >= 4 is 22.9 Å². The molecule has 0 bridgehead atoms. The van der Waals surface area contributed by atoms with Gasteiger partial charge in [0.15, 0.2) is 0 Å². The SMILES string of the molecule is CC(C)n1nnc(C(=C(c2ccc(F)cc2)c2ccc(F)cc2)C(O)CC(=O)CC(=O)O)n1. The summed E-state index contributed by atoms with van der Waals surface area (Å²) in [4.78, 5) is 24.4. The summed E-state index contributed by atoms with van der Waals surface area (Å²) in [6.45, 7) is 3.64. The van der Waals surface area contributed by atoms with Crippen LogP contribution in [0.15, 0.2) is 48.5 Å². The summed E-state index contributed by atoms with van der Waals surface area (Å²) in [5, 5.41) is 32.3. The van der Waals surface area contributed by atoms with Crippen LogP contribution in [-0.2, 0) is 9.59 Å². The average Bonchev–Trinajstić information content (AvgIpc) is 3.23. The number of aliphatic carboxylic acids is 1. The number of aliphatic hydroxyl groups excluding tert-OH is 1.